The molecule has 0 aromatic rings. The highest BCUT2D eigenvalue weighted by Crippen LogP contribution is 2.26. The van der Waals surface area contributed by atoms with Crippen molar-refractivity contribution < 1.29 is 0 Å². The van der Waals surface area contributed by atoms with Gasteiger partial charge in [-0.1, -0.05) is 18.1 Å². The maximum Gasteiger partial charge on any atom is 0.188 e. The second-order valence-corrected chi connectivity index (χ2v) is 4.52. The van der Waals surface area contributed by atoms with Gasteiger partial charge in [-0.15, -0.1) is 0 Å². The molecule has 15 heavy (non-hydrogen) atoms. The molecule has 1 saturated carbocycles. The Hall–Kier alpha value is -0.990. The minimum Gasteiger partial charge on any atom is -0.370 e. The number of guanidine groups is 1. The molecule has 1 aliphatic rings. The standard InChI is InChI=1S/C12H23N3/c1-10(2)5-4-8-14-12(13)15-9-11-6-3-7-11/h5,11H,3-4,6-9H2,1-2H3,(H3,13,14,15). The Morgan fingerprint density at radius 3 is 2.73 bits per heavy atom. The van der Waals surface area contributed by atoms with Crippen LogP contribution in [0.2, 0.25) is 0 Å². The monoisotopic (exact) mass is 209 g/mol. The molecular weight excluding hydrogens is 186 g/mol. The lowest BCUT2D eigenvalue weighted by Gasteiger charge is -2.23. The van der Waals surface area contributed by atoms with Crippen LogP contribution < -0.4 is 11.1 Å². The van der Waals surface area contributed by atoms with Crippen molar-refractivity contribution in [1.29, 1.82) is 0 Å². The molecule has 3 heteroatoms. The van der Waals surface area contributed by atoms with Gasteiger partial charge in [0.15, 0.2) is 5.96 Å². The van der Waals surface area contributed by atoms with Crippen molar-refractivity contribution in [3.63, 3.8) is 0 Å². The molecule has 3 nitrogen and oxygen atoms in total. The minimum absolute atomic E-state index is 0.601. The summed E-state index contributed by atoms with van der Waals surface area (Å²) in [4.78, 5) is 4.33. The molecule has 86 valence electrons. The van der Waals surface area contributed by atoms with Gasteiger partial charge in [0.1, 0.15) is 0 Å². The number of allylic oxidation sites excluding steroid dienone is 1. The van der Waals surface area contributed by atoms with Crippen molar-refractivity contribution >= 4 is 5.96 Å². The predicted molar refractivity (Wildman–Crippen MR) is 65.9 cm³/mol. The molecule has 1 rings (SSSR count). The summed E-state index contributed by atoms with van der Waals surface area (Å²) in [5, 5.41) is 3.12. The van der Waals surface area contributed by atoms with Gasteiger partial charge in [0.05, 0.1) is 0 Å². The van der Waals surface area contributed by atoms with Gasteiger partial charge in [0.2, 0.25) is 0 Å². The van der Waals surface area contributed by atoms with Crippen LogP contribution in [0.1, 0.15) is 39.5 Å². The highest BCUT2D eigenvalue weighted by molar-refractivity contribution is 5.77. The molecule has 0 atom stereocenters. The Kier molecular flexibility index (Phi) is 5.22. The van der Waals surface area contributed by atoms with Gasteiger partial charge in [-0.2, -0.15) is 0 Å². The van der Waals surface area contributed by atoms with Crippen molar-refractivity contribution in [3.8, 4) is 0 Å². The van der Waals surface area contributed by atoms with E-state index in [-0.39, 0.29) is 0 Å². The molecule has 0 bridgehead atoms. The largest absolute Gasteiger partial charge is 0.370 e. The van der Waals surface area contributed by atoms with Crippen LogP contribution >= 0.6 is 0 Å². The van der Waals surface area contributed by atoms with Crippen molar-refractivity contribution in [1.82, 2.24) is 5.32 Å². The fourth-order valence-electron chi connectivity index (χ4n) is 1.52. The van der Waals surface area contributed by atoms with E-state index in [0.717, 1.165) is 25.4 Å². The predicted octanol–water partition coefficient (Wildman–Crippen LogP) is 2.05. The molecule has 0 heterocycles. The topological polar surface area (TPSA) is 50.4 Å². The van der Waals surface area contributed by atoms with Gasteiger partial charge in [-0.3, -0.25) is 4.99 Å². The average Bonchev–Trinajstić information content (AvgIpc) is 2.09. The summed E-state index contributed by atoms with van der Waals surface area (Å²) in [6.07, 6.45) is 7.24. The van der Waals surface area contributed by atoms with Crippen LogP contribution in [0, 0.1) is 5.92 Å². The fraction of sp³-hybridized carbons (Fsp3) is 0.750. The maximum absolute atomic E-state index is 5.74. The first-order valence-electron chi connectivity index (χ1n) is 5.85. The van der Waals surface area contributed by atoms with Gasteiger partial charge in [-0.05, 0) is 39.0 Å². The van der Waals surface area contributed by atoms with E-state index in [4.69, 9.17) is 5.73 Å². The van der Waals surface area contributed by atoms with E-state index in [1.54, 1.807) is 0 Å². The Morgan fingerprint density at radius 2 is 2.20 bits per heavy atom. The molecule has 3 N–H and O–H groups in total. The molecule has 0 aliphatic heterocycles. The summed E-state index contributed by atoms with van der Waals surface area (Å²) in [6.45, 7) is 5.99. The van der Waals surface area contributed by atoms with E-state index in [1.165, 1.54) is 24.8 Å². The van der Waals surface area contributed by atoms with Gasteiger partial charge >= 0.3 is 0 Å². The number of aliphatic imine (C=N–C) groups is 1. The maximum atomic E-state index is 5.74. The first-order valence-corrected chi connectivity index (χ1v) is 5.85. The zero-order valence-electron chi connectivity index (χ0n) is 9.92. The van der Waals surface area contributed by atoms with Gasteiger partial charge < -0.3 is 11.1 Å². The molecule has 0 unspecified atom stereocenters. The lowest BCUT2D eigenvalue weighted by Crippen LogP contribution is -2.33. The van der Waals surface area contributed by atoms with Crippen LogP contribution in [0.3, 0.4) is 0 Å². The zero-order chi connectivity index (χ0) is 11.1. The van der Waals surface area contributed by atoms with E-state index < -0.39 is 0 Å². The molecule has 1 fully saturated rings. The summed E-state index contributed by atoms with van der Waals surface area (Å²) in [5.41, 5.74) is 7.08. The lowest BCUT2D eigenvalue weighted by atomic mass is 9.86. The Labute approximate surface area is 92.8 Å². The molecule has 0 aromatic carbocycles. The number of nitrogens with one attached hydrogen (secondary N) is 1. The van der Waals surface area contributed by atoms with E-state index >= 15 is 0 Å². The van der Waals surface area contributed by atoms with Crippen molar-refractivity contribution in [2.24, 2.45) is 16.6 Å². The Balaban J connectivity index is 2.06. The molecule has 0 aromatic heterocycles. The quantitative estimate of drug-likeness (QED) is 0.315. The Bertz CT molecular complexity index is 235. The molecule has 0 radical (unpaired) electrons. The van der Waals surface area contributed by atoms with Crippen molar-refractivity contribution in [3.05, 3.63) is 11.6 Å². The summed E-state index contributed by atoms with van der Waals surface area (Å²) in [7, 11) is 0. The molecule has 1 aliphatic carbocycles. The summed E-state index contributed by atoms with van der Waals surface area (Å²) in [6, 6.07) is 0. The summed E-state index contributed by atoms with van der Waals surface area (Å²) in [5.74, 6) is 1.40. The smallest absolute Gasteiger partial charge is 0.188 e. The lowest BCUT2D eigenvalue weighted by molar-refractivity contribution is 0.326. The molecular formula is C12H23N3. The molecule has 0 saturated heterocycles. The van der Waals surface area contributed by atoms with Gasteiger partial charge in [-0.25, -0.2) is 0 Å². The second kappa shape index (κ2) is 6.49. The molecule has 0 spiro atoms. The highest BCUT2D eigenvalue weighted by atomic mass is 15.1. The Morgan fingerprint density at radius 1 is 1.47 bits per heavy atom. The number of rotatable bonds is 5. The first-order chi connectivity index (χ1) is 7.18. The number of hydrogen-bond donors (Lipinski definition) is 2. The number of hydrogen-bond acceptors (Lipinski definition) is 1. The average molecular weight is 209 g/mol. The third kappa shape index (κ3) is 5.45. The first kappa shape index (κ1) is 12.1. The van der Waals surface area contributed by atoms with E-state index in [9.17, 15) is 0 Å². The fourth-order valence-corrected chi connectivity index (χ4v) is 1.52. The van der Waals surface area contributed by atoms with Crippen LogP contribution in [0.4, 0.5) is 0 Å². The number of nitrogens with zero attached hydrogens (tertiary/aromatic N) is 1. The van der Waals surface area contributed by atoms with Crippen LogP contribution in [0.15, 0.2) is 16.6 Å². The number of nitrogens with two attached hydrogens (primary N) is 1. The van der Waals surface area contributed by atoms with Gasteiger partial charge in [0.25, 0.3) is 0 Å². The molecule has 0 amide bonds. The van der Waals surface area contributed by atoms with Crippen LogP contribution in [0.5, 0.6) is 0 Å². The third-order valence-electron chi connectivity index (χ3n) is 2.75. The minimum atomic E-state index is 0.601. The second-order valence-electron chi connectivity index (χ2n) is 4.52. The highest BCUT2D eigenvalue weighted by Gasteiger charge is 2.16. The van der Waals surface area contributed by atoms with Crippen molar-refractivity contribution in [2.45, 2.75) is 39.5 Å². The van der Waals surface area contributed by atoms with Crippen LogP contribution in [-0.4, -0.2) is 19.0 Å². The normalized spacial score (nSPS) is 17.1. The van der Waals surface area contributed by atoms with Crippen LogP contribution in [-0.2, 0) is 0 Å². The van der Waals surface area contributed by atoms with E-state index in [1.807, 2.05) is 0 Å². The van der Waals surface area contributed by atoms with E-state index in [2.05, 4.69) is 30.2 Å². The van der Waals surface area contributed by atoms with Gasteiger partial charge in [0, 0.05) is 13.1 Å². The summed E-state index contributed by atoms with van der Waals surface area (Å²) >= 11 is 0. The van der Waals surface area contributed by atoms with Crippen LogP contribution in [0.25, 0.3) is 0 Å². The SMILES string of the molecule is CC(C)=CCCNC(N)=NCC1CCC1. The van der Waals surface area contributed by atoms with E-state index in [0.29, 0.717) is 5.96 Å². The van der Waals surface area contributed by atoms with Crippen molar-refractivity contribution in [2.75, 3.05) is 13.1 Å². The zero-order valence-corrected chi connectivity index (χ0v) is 9.92. The summed E-state index contributed by atoms with van der Waals surface area (Å²) < 4.78 is 0. The third-order valence-corrected chi connectivity index (χ3v) is 2.75.